The van der Waals surface area contributed by atoms with Crippen LogP contribution in [0.15, 0.2) is 10.9 Å². The minimum Gasteiger partial charge on any atom is -0.492 e. The minimum absolute atomic E-state index is 0.245. The molecule has 0 amide bonds. The molecule has 3 N–H and O–H groups in total. The van der Waals surface area contributed by atoms with E-state index in [1.54, 1.807) is 0 Å². The molecular weight excluding hydrogens is 272 g/mol. The van der Waals surface area contributed by atoms with Crippen molar-refractivity contribution in [3.8, 4) is 5.75 Å². The van der Waals surface area contributed by atoms with E-state index < -0.39 is 5.97 Å². The fraction of sp³-hybridized carbons (Fsp3) is 0.300. The van der Waals surface area contributed by atoms with Crippen LogP contribution in [-0.4, -0.2) is 30.3 Å². The average molecular weight is 284 g/mol. The number of thiophene rings is 1. The lowest BCUT2D eigenvalue weighted by atomic mass is 10.3. The van der Waals surface area contributed by atoms with Crippen molar-refractivity contribution < 1.29 is 18.8 Å². The summed E-state index contributed by atoms with van der Waals surface area (Å²) in [6.07, 6.45) is 1.23. The van der Waals surface area contributed by atoms with Gasteiger partial charge in [0.05, 0.1) is 20.8 Å². The lowest BCUT2D eigenvalue weighted by Gasteiger charge is -2.04. The zero-order valence-electron chi connectivity index (χ0n) is 10.3. The molecule has 0 saturated carbocycles. The van der Waals surface area contributed by atoms with E-state index >= 15 is 0 Å². The Morgan fingerprint density at radius 2 is 2.37 bits per heavy atom. The molecule has 102 valence electrons. The molecule has 0 saturated heterocycles. The molecule has 0 unspecified atom stereocenters. The third-order valence-corrected chi connectivity index (χ3v) is 3.41. The van der Waals surface area contributed by atoms with Gasteiger partial charge >= 0.3 is 5.97 Å². The molecule has 0 bridgehead atoms. The van der Waals surface area contributed by atoms with Crippen LogP contribution in [0.25, 0.3) is 0 Å². The van der Waals surface area contributed by atoms with Gasteiger partial charge < -0.3 is 25.0 Å². The van der Waals surface area contributed by atoms with Crippen molar-refractivity contribution >= 4 is 28.0 Å². The van der Waals surface area contributed by atoms with Gasteiger partial charge in [-0.2, -0.15) is 4.98 Å². The number of nitrogen functional groups attached to an aromatic ring is 1. The molecule has 2 rings (SSSR count). The van der Waals surface area contributed by atoms with Gasteiger partial charge in [0.25, 0.3) is 0 Å². The third-order valence-electron chi connectivity index (χ3n) is 2.29. The highest BCUT2D eigenvalue weighted by molar-refractivity contribution is 7.19. The lowest BCUT2D eigenvalue weighted by molar-refractivity contribution is 0.0607. The van der Waals surface area contributed by atoms with Gasteiger partial charge in [0.2, 0.25) is 6.39 Å². The predicted octanol–water partition coefficient (Wildman–Crippen LogP) is 1.12. The Bertz CT molecular complexity index is 566. The highest BCUT2D eigenvalue weighted by atomic mass is 32.1. The second-order valence-corrected chi connectivity index (χ2v) is 4.42. The molecule has 2 aromatic heterocycles. The molecule has 2 aromatic rings. The number of esters is 1. The number of nitrogens with one attached hydrogen (secondary N) is 1. The predicted molar refractivity (Wildman–Crippen MR) is 68.2 cm³/mol. The smallest absolute Gasteiger partial charge is 0.350 e. The molecular formula is C10H12N4O4S. The van der Waals surface area contributed by atoms with Gasteiger partial charge in [0.1, 0.15) is 15.6 Å². The topological polar surface area (TPSA) is 112 Å². The Morgan fingerprint density at radius 3 is 2.95 bits per heavy atom. The van der Waals surface area contributed by atoms with Crippen LogP contribution in [-0.2, 0) is 11.3 Å². The maximum absolute atomic E-state index is 11.5. The Hall–Kier alpha value is -2.29. The molecule has 0 radical (unpaired) electrons. The van der Waals surface area contributed by atoms with Crippen LogP contribution < -0.4 is 15.8 Å². The summed E-state index contributed by atoms with van der Waals surface area (Å²) in [4.78, 5) is 15.7. The highest BCUT2D eigenvalue weighted by Gasteiger charge is 2.22. The Balaban J connectivity index is 2.22. The van der Waals surface area contributed by atoms with Gasteiger partial charge in [-0.05, 0) is 0 Å². The molecule has 0 aliphatic rings. The van der Waals surface area contributed by atoms with Crippen molar-refractivity contribution in [2.75, 3.05) is 25.3 Å². The molecule has 9 heteroatoms. The summed E-state index contributed by atoms with van der Waals surface area (Å²) in [5.41, 5.74) is 6.08. The van der Waals surface area contributed by atoms with Crippen molar-refractivity contribution in [1.82, 2.24) is 10.1 Å². The summed E-state index contributed by atoms with van der Waals surface area (Å²) in [6.45, 7) is 0.327. The van der Waals surface area contributed by atoms with E-state index in [1.165, 1.54) is 20.6 Å². The number of carbonyl (C=O) groups excluding carboxylic acids is 1. The monoisotopic (exact) mass is 284 g/mol. The average Bonchev–Trinajstić information content (AvgIpc) is 3.03. The number of aromatic nitrogens is 2. The number of nitrogens with two attached hydrogens (primary N) is 1. The van der Waals surface area contributed by atoms with Crippen LogP contribution in [0.2, 0.25) is 0 Å². The zero-order valence-corrected chi connectivity index (χ0v) is 11.1. The SMILES string of the molecule is COC(=O)c1sc(NCc2ncon2)c(OC)c1N. The number of hydrogen-bond acceptors (Lipinski definition) is 9. The van der Waals surface area contributed by atoms with Crippen molar-refractivity contribution in [2.24, 2.45) is 0 Å². The van der Waals surface area contributed by atoms with E-state index in [4.69, 9.17) is 10.5 Å². The first-order chi connectivity index (χ1) is 9.17. The first-order valence-electron chi connectivity index (χ1n) is 5.21. The summed E-state index contributed by atoms with van der Waals surface area (Å²) in [5, 5.41) is 7.29. The molecule has 8 nitrogen and oxygen atoms in total. The van der Waals surface area contributed by atoms with Crippen LogP contribution in [0.1, 0.15) is 15.5 Å². The molecule has 0 aromatic carbocycles. The van der Waals surface area contributed by atoms with E-state index in [9.17, 15) is 4.79 Å². The van der Waals surface area contributed by atoms with Crippen molar-refractivity contribution in [3.63, 3.8) is 0 Å². The molecule has 2 heterocycles. The first kappa shape index (κ1) is 13.1. The van der Waals surface area contributed by atoms with E-state index in [0.717, 1.165) is 11.3 Å². The van der Waals surface area contributed by atoms with Crippen LogP contribution in [0, 0.1) is 0 Å². The minimum atomic E-state index is -0.506. The number of anilines is 2. The fourth-order valence-electron chi connectivity index (χ4n) is 1.42. The van der Waals surface area contributed by atoms with E-state index in [-0.39, 0.29) is 10.6 Å². The van der Waals surface area contributed by atoms with Crippen molar-refractivity contribution in [1.29, 1.82) is 0 Å². The van der Waals surface area contributed by atoms with Crippen LogP contribution in [0.5, 0.6) is 5.75 Å². The van der Waals surface area contributed by atoms with Gasteiger partial charge in [-0.1, -0.05) is 5.16 Å². The Morgan fingerprint density at radius 1 is 1.58 bits per heavy atom. The molecule has 0 atom stereocenters. The largest absolute Gasteiger partial charge is 0.492 e. The van der Waals surface area contributed by atoms with Crippen LogP contribution in [0.4, 0.5) is 10.7 Å². The first-order valence-corrected chi connectivity index (χ1v) is 6.02. The number of nitrogens with zero attached hydrogens (tertiary/aromatic N) is 2. The van der Waals surface area contributed by atoms with Crippen molar-refractivity contribution in [2.45, 2.75) is 6.54 Å². The zero-order chi connectivity index (χ0) is 13.8. The highest BCUT2D eigenvalue weighted by Crippen LogP contribution is 2.42. The number of ether oxygens (including phenoxy) is 2. The molecule has 19 heavy (non-hydrogen) atoms. The van der Waals surface area contributed by atoms with E-state index in [0.29, 0.717) is 23.1 Å². The van der Waals surface area contributed by atoms with Gasteiger partial charge in [-0.25, -0.2) is 4.79 Å². The lowest BCUT2D eigenvalue weighted by Crippen LogP contribution is -2.02. The Kier molecular flexibility index (Phi) is 3.85. The van der Waals surface area contributed by atoms with Gasteiger partial charge in [-0.3, -0.25) is 0 Å². The number of methoxy groups -OCH3 is 2. The van der Waals surface area contributed by atoms with Gasteiger partial charge in [0.15, 0.2) is 11.6 Å². The number of hydrogen-bond donors (Lipinski definition) is 2. The quantitative estimate of drug-likeness (QED) is 0.785. The summed E-state index contributed by atoms with van der Waals surface area (Å²) in [7, 11) is 2.76. The summed E-state index contributed by atoms with van der Waals surface area (Å²) < 4.78 is 14.4. The normalized spacial score (nSPS) is 10.2. The van der Waals surface area contributed by atoms with Gasteiger partial charge in [0, 0.05) is 0 Å². The summed E-state index contributed by atoms with van der Waals surface area (Å²) in [6, 6.07) is 0. The number of rotatable bonds is 5. The number of carbonyl (C=O) groups is 1. The van der Waals surface area contributed by atoms with Crippen molar-refractivity contribution in [3.05, 3.63) is 17.1 Å². The standard InChI is InChI=1S/C10H12N4O4S/c1-16-7-6(11)8(10(15)17-2)19-9(7)12-3-5-13-4-18-14-5/h4,12H,3,11H2,1-2H3. The molecule has 0 aliphatic carbocycles. The maximum atomic E-state index is 11.5. The summed E-state index contributed by atoms with van der Waals surface area (Å²) in [5.74, 6) is 0.371. The van der Waals surface area contributed by atoms with Crippen LogP contribution in [0.3, 0.4) is 0 Å². The molecule has 0 fully saturated rings. The fourth-order valence-corrected chi connectivity index (χ4v) is 2.43. The van der Waals surface area contributed by atoms with E-state index in [1.807, 2.05) is 0 Å². The maximum Gasteiger partial charge on any atom is 0.350 e. The molecule has 0 spiro atoms. The van der Waals surface area contributed by atoms with Gasteiger partial charge in [-0.15, -0.1) is 11.3 Å². The van der Waals surface area contributed by atoms with Crippen LogP contribution >= 0.6 is 11.3 Å². The Labute approximate surface area is 112 Å². The third kappa shape index (κ3) is 2.60. The second kappa shape index (κ2) is 5.57. The van der Waals surface area contributed by atoms with E-state index in [2.05, 4.69) is 24.7 Å². The molecule has 0 aliphatic heterocycles. The second-order valence-electron chi connectivity index (χ2n) is 3.40. The summed E-state index contributed by atoms with van der Waals surface area (Å²) >= 11 is 1.14.